The molecule has 0 fully saturated rings. The molecule has 8 heteroatoms. The van der Waals surface area contributed by atoms with Crippen molar-refractivity contribution in [3.63, 3.8) is 0 Å². The second-order valence-corrected chi connectivity index (χ2v) is 6.32. The summed E-state index contributed by atoms with van der Waals surface area (Å²) in [6.45, 7) is 0.0552. The summed E-state index contributed by atoms with van der Waals surface area (Å²) in [6, 6.07) is 13.3. The van der Waals surface area contributed by atoms with Crippen molar-refractivity contribution in [1.82, 2.24) is 15.1 Å². The fourth-order valence-corrected chi connectivity index (χ4v) is 2.75. The zero-order chi connectivity index (χ0) is 20.8. The van der Waals surface area contributed by atoms with E-state index in [-0.39, 0.29) is 31.0 Å². The normalized spacial score (nSPS) is 10.6. The van der Waals surface area contributed by atoms with E-state index >= 15 is 0 Å². The lowest BCUT2D eigenvalue weighted by Gasteiger charge is -2.09. The van der Waals surface area contributed by atoms with Crippen molar-refractivity contribution < 1.29 is 18.3 Å². The molecular formula is C21H19F2N3O3. The van der Waals surface area contributed by atoms with Gasteiger partial charge in [0.2, 0.25) is 5.91 Å². The standard InChI is InChI=1S/C21H19F2N3O3/c1-29-18-4-2-3-15(11-18)19-5-6-21(28)26(25-19)8-7-20(27)24-13-14-9-16(22)12-17(23)10-14/h2-6,9-12H,7-8,13H2,1H3,(H,24,27). The molecule has 3 rings (SSSR count). The van der Waals surface area contributed by atoms with Gasteiger partial charge < -0.3 is 10.1 Å². The van der Waals surface area contributed by atoms with Gasteiger partial charge in [-0.25, -0.2) is 13.5 Å². The van der Waals surface area contributed by atoms with Gasteiger partial charge in [-0.05, 0) is 35.9 Å². The molecular weight excluding hydrogens is 380 g/mol. The van der Waals surface area contributed by atoms with Crippen molar-refractivity contribution in [2.24, 2.45) is 0 Å². The predicted octanol–water partition coefficient (Wildman–Crippen LogP) is 2.90. The van der Waals surface area contributed by atoms with Crippen molar-refractivity contribution >= 4 is 5.91 Å². The summed E-state index contributed by atoms with van der Waals surface area (Å²) >= 11 is 0. The van der Waals surface area contributed by atoms with Crippen LogP contribution in [0.5, 0.6) is 5.75 Å². The predicted molar refractivity (Wildman–Crippen MR) is 103 cm³/mol. The number of aryl methyl sites for hydroxylation is 1. The molecule has 0 saturated heterocycles. The molecule has 2 aromatic carbocycles. The van der Waals surface area contributed by atoms with Gasteiger partial charge in [-0.3, -0.25) is 9.59 Å². The molecule has 0 aliphatic rings. The van der Waals surface area contributed by atoms with Gasteiger partial charge in [0.05, 0.1) is 19.3 Å². The van der Waals surface area contributed by atoms with Crippen LogP contribution in [-0.4, -0.2) is 22.8 Å². The maximum Gasteiger partial charge on any atom is 0.266 e. The molecule has 0 radical (unpaired) electrons. The molecule has 29 heavy (non-hydrogen) atoms. The Kier molecular flexibility index (Phi) is 6.33. The van der Waals surface area contributed by atoms with E-state index in [1.54, 1.807) is 25.3 Å². The summed E-state index contributed by atoms with van der Waals surface area (Å²) in [5, 5.41) is 6.87. The summed E-state index contributed by atoms with van der Waals surface area (Å²) in [5.74, 6) is -1.12. The third-order valence-corrected chi connectivity index (χ3v) is 4.19. The van der Waals surface area contributed by atoms with Crippen LogP contribution < -0.4 is 15.6 Å². The van der Waals surface area contributed by atoms with Crippen molar-refractivity contribution in [3.05, 3.63) is 82.1 Å². The smallest absolute Gasteiger partial charge is 0.266 e. The Bertz CT molecular complexity index is 1060. The van der Waals surface area contributed by atoms with Crippen LogP contribution in [0.3, 0.4) is 0 Å². The van der Waals surface area contributed by atoms with E-state index in [1.165, 1.54) is 10.7 Å². The molecule has 6 nitrogen and oxygen atoms in total. The Balaban J connectivity index is 1.63. The van der Waals surface area contributed by atoms with E-state index < -0.39 is 11.6 Å². The number of rotatable bonds is 7. The van der Waals surface area contributed by atoms with E-state index in [0.717, 1.165) is 23.8 Å². The van der Waals surface area contributed by atoms with Crippen LogP contribution in [0, 0.1) is 11.6 Å². The number of hydrogen-bond acceptors (Lipinski definition) is 4. The molecule has 1 aromatic heterocycles. The molecule has 3 aromatic rings. The fraction of sp³-hybridized carbons (Fsp3) is 0.190. The maximum atomic E-state index is 13.2. The summed E-state index contributed by atoms with van der Waals surface area (Å²) in [6.07, 6.45) is -0.00767. The topological polar surface area (TPSA) is 73.2 Å². The van der Waals surface area contributed by atoms with Crippen LogP contribution in [0.15, 0.2) is 59.4 Å². The van der Waals surface area contributed by atoms with Crippen LogP contribution >= 0.6 is 0 Å². The molecule has 1 amide bonds. The number of carbonyl (C=O) groups excluding carboxylic acids is 1. The largest absolute Gasteiger partial charge is 0.497 e. The van der Waals surface area contributed by atoms with Crippen molar-refractivity contribution in [3.8, 4) is 17.0 Å². The highest BCUT2D eigenvalue weighted by atomic mass is 19.1. The number of aromatic nitrogens is 2. The van der Waals surface area contributed by atoms with Gasteiger partial charge >= 0.3 is 0 Å². The van der Waals surface area contributed by atoms with Gasteiger partial charge in [0.25, 0.3) is 5.56 Å². The number of halogens is 2. The average molecular weight is 399 g/mol. The van der Waals surface area contributed by atoms with Crippen LogP contribution in [-0.2, 0) is 17.9 Å². The second kappa shape index (κ2) is 9.09. The molecule has 0 atom stereocenters. The zero-order valence-electron chi connectivity index (χ0n) is 15.7. The molecule has 0 bridgehead atoms. The summed E-state index contributed by atoms with van der Waals surface area (Å²) in [7, 11) is 1.56. The van der Waals surface area contributed by atoms with Crippen LogP contribution in [0.25, 0.3) is 11.3 Å². The van der Waals surface area contributed by atoms with Crippen LogP contribution in [0.1, 0.15) is 12.0 Å². The Morgan fingerprint density at radius 2 is 1.86 bits per heavy atom. The molecule has 0 unspecified atom stereocenters. The first-order chi connectivity index (χ1) is 13.9. The summed E-state index contributed by atoms with van der Waals surface area (Å²) < 4.78 is 32.8. The van der Waals surface area contributed by atoms with Gasteiger partial charge in [-0.1, -0.05) is 12.1 Å². The second-order valence-electron chi connectivity index (χ2n) is 6.32. The maximum absolute atomic E-state index is 13.2. The van der Waals surface area contributed by atoms with Gasteiger partial charge in [0.1, 0.15) is 17.4 Å². The van der Waals surface area contributed by atoms with E-state index in [1.807, 2.05) is 12.1 Å². The Labute approximate surface area is 165 Å². The number of nitrogens with zero attached hydrogens (tertiary/aromatic N) is 2. The lowest BCUT2D eigenvalue weighted by atomic mass is 10.1. The summed E-state index contributed by atoms with van der Waals surface area (Å²) in [5.41, 5.74) is 1.32. The Morgan fingerprint density at radius 1 is 1.10 bits per heavy atom. The van der Waals surface area contributed by atoms with Crippen molar-refractivity contribution in [2.75, 3.05) is 7.11 Å². The number of carbonyl (C=O) groups is 1. The minimum atomic E-state index is -0.709. The number of nitrogens with one attached hydrogen (secondary N) is 1. The van der Waals surface area contributed by atoms with E-state index in [9.17, 15) is 18.4 Å². The SMILES string of the molecule is COc1cccc(-c2ccc(=O)n(CCC(=O)NCc3cc(F)cc(F)c3)n2)c1. The first-order valence-corrected chi connectivity index (χ1v) is 8.89. The molecule has 1 N–H and O–H groups in total. The Morgan fingerprint density at radius 3 is 2.59 bits per heavy atom. The third kappa shape index (κ3) is 5.47. The monoisotopic (exact) mass is 399 g/mol. The molecule has 0 saturated carbocycles. The zero-order valence-corrected chi connectivity index (χ0v) is 15.7. The molecule has 0 spiro atoms. The summed E-state index contributed by atoms with van der Waals surface area (Å²) in [4.78, 5) is 24.1. The minimum Gasteiger partial charge on any atom is -0.497 e. The first kappa shape index (κ1) is 20.2. The molecule has 150 valence electrons. The highest BCUT2D eigenvalue weighted by molar-refractivity contribution is 5.75. The van der Waals surface area contributed by atoms with Gasteiger partial charge in [-0.15, -0.1) is 0 Å². The van der Waals surface area contributed by atoms with E-state index in [4.69, 9.17) is 4.74 Å². The minimum absolute atomic E-state index is 0.00767. The quantitative estimate of drug-likeness (QED) is 0.663. The number of amides is 1. The number of ether oxygens (including phenoxy) is 1. The highest BCUT2D eigenvalue weighted by Gasteiger charge is 2.08. The van der Waals surface area contributed by atoms with Gasteiger partial charge in [0.15, 0.2) is 0 Å². The van der Waals surface area contributed by atoms with E-state index in [0.29, 0.717) is 17.0 Å². The number of methoxy groups -OCH3 is 1. The first-order valence-electron chi connectivity index (χ1n) is 8.89. The van der Waals surface area contributed by atoms with Crippen molar-refractivity contribution in [1.29, 1.82) is 0 Å². The number of hydrogen-bond donors (Lipinski definition) is 1. The molecule has 0 aliphatic carbocycles. The molecule has 1 heterocycles. The lowest BCUT2D eigenvalue weighted by Crippen LogP contribution is -2.28. The average Bonchev–Trinajstić information content (AvgIpc) is 2.71. The Hall–Kier alpha value is -3.55. The highest BCUT2D eigenvalue weighted by Crippen LogP contribution is 2.21. The van der Waals surface area contributed by atoms with Crippen LogP contribution in [0.2, 0.25) is 0 Å². The van der Waals surface area contributed by atoms with Crippen LogP contribution in [0.4, 0.5) is 8.78 Å². The lowest BCUT2D eigenvalue weighted by molar-refractivity contribution is -0.121. The van der Waals surface area contributed by atoms with Gasteiger partial charge in [-0.2, -0.15) is 5.10 Å². The molecule has 0 aliphatic heterocycles. The van der Waals surface area contributed by atoms with Crippen molar-refractivity contribution in [2.45, 2.75) is 19.5 Å². The third-order valence-electron chi connectivity index (χ3n) is 4.19. The van der Waals surface area contributed by atoms with Gasteiger partial charge in [0, 0.05) is 30.7 Å². The number of benzene rings is 2. The fourth-order valence-electron chi connectivity index (χ4n) is 2.75. The van der Waals surface area contributed by atoms with E-state index in [2.05, 4.69) is 10.4 Å².